The summed E-state index contributed by atoms with van der Waals surface area (Å²) in [5.41, 5.74) is 1.53. The van der Waals surface area contributed by atoms with E-state index in [2.05, 4.69) is 4.72 Å². The van der Waals surface area contributed by atoms with Crippen molar-refractivity contribution >= 4 is 15.7 Å². The summed E-state index contributed by atoms with van der Waals surface area (Å²) in [6.45, 7) is 3.61. The minimum absolute atomic E-state index is 0.0356. The van der Waals surface area contributed by atoms with Crippen molar-refractivity contribution in [2.75, 3.05) is 7.11 Å². The fourth-order valence-electron chi connectivity index (χ4n) is 2.30. The first-order valence-electron chi connectivity index (χ1n) is 7.16. The fraction of sp³-hybridized carbons (Fsp3) is 0.250. The van der Waals surface area contributed by atoms with Gasteiger partial charge in [0.1, 0.15) is 5.75 Å². The Morgan fingerprint density at radius 2 is 1.79 bits per heavy atom. The minimum atomic E-state index is -3.82. The van der Waals surface area contributed by atoms with Gasteiger partial charge in [-0.25, -0.2) is 13.1 Å². The molecule has 0 fully saturated rings. The molecular formula is C16H18N2O5S. The molecule has 0 saturated heterocycles. The highest BCUT2D eigenvalue weighted by Crippen LogP contribution is 2.27. The predicted octanol–water partition coefficient (Wildman–Crippen LogP) is 2.95. The zero-order valence-electron chi connectivity index (χ0n) is 13.5. The van der Waals surface area contributed by atoms with E-state index in [9.17, 15) is 18.5 Å². The number of non-ortho nitro benzene ring substituents is 1. The van der Waals surface area contributed by atoms with Crippen LogP contribution in [0.15, 0.2) is 47.4 Å². The zero-order valence-corrected chi connectivity index (χ0v) is 14.3. The normalized spacial score (nSPS) is 12.6. The summed E-state index contributed by atoms with van der Waals surface area (Å²) in [7, 11) is -2.30. The SMILES string of the molecule is COc1ccc(C)cc1C(C)NS(=O)(=O)c1ccc([N+](=O)[O-])cc1. The van der Waals surface area contributed by atoms with Crippen molar-refractivity contribution in [3.05, 3.63) is 63.7 Å². The van der Waals surface area contributed by atoms with Gasteiger partial charge >= 0.3 is 0 Å². The summed E-state index contributed by atoms with van der Waals surface area (Å²) in [5, 5.41) is 10.7. The van der Waals surface area contributed by atoms with E-state index in [0.717, 1.165) is 17.7 Å². The third-order valence-electron chi connectivity index (χ3n) is 3.54. The van der Waals surface area contributed by atoms with Gasteiger partial charge in [0.25, 0.3) is 5.69 Å². The first-order chi connectivity index (χ1) is 11.2. The molecule has 0 aliphatic heterocycles. The Balaban J connectivity index is 2.28. The van der Waals surface area contributed by atoms with Gasteiger partial charge in [0.2, 0.25) is 10.0 Å². The van der Waals surface area contributed by atoms with Crippen LogP contribution >= 0.6 is 0 Å². The van der Waals surface area contributed by atoms with Crippen molar-refractivity contribution < 1.29 is 18.1 Å². The van der Waals surface area contributed by atoms with E-state index in [4.69, 9.17) is 4.74 Å². The molecule has 8 heteroatoms. The molecule has 2 aromatic rings. The van der Waals surface area contributed by atoms with Crippen LogP contribution in [0.3, 0.4) is 0 Å². The third kappa shape index (κ3) is 3.90. The van der Waals surface area contributed by atoms with Gasteiger partial charge in [-0.3, -0.25) is 10.1 Å². The number of methoxy groups -OCH3 is 1. The number of nitrogens with zero attached hydrogens (tertiary/aromatic N) is 1. The number of nitrogens with one attached hydrogen (secondary N) is 1. The smallest absolute Gasteiger partial charge is 0.269 e. The Morgan fingerprint density at radius 1 is 1.17 bits per heavy atom. The second-order valence-corrected chi connectivity index (χ2v) is 7.05. The summed E-state index contributed by atoms with van der Waals surface area (Å²) < 4.78 is 32.8. The Bertz CT molecular complexity index is 847. The van der Waals surface area contributed by atoms with Crippen LogP contribution in [0.25, 0.3) is 0 Å². The molecule has 0 aliphatic rings. The first kappa shape index (κ1) is 17.9. The third-order valence-corrected chi connectivity index (χ3v) is 5.10. The highest BCUT2D eigenvalue weighted by molar-refractivity contribution is 7.89. The molecule has 0 saturated carbocycles. The Labute approximate surface area is 140 Å². The second-order valence-electron chi connectivity index (χ2n) is 5.34. The maximum Gasteiger partial charge on any atom is 0.269 e. The van der Waals surface area contributed by atoms with Crippen LogP contribution in [-0.4, -0.2) is 20.5 Å². The molecular weight excluding hydrogens is 332 g/mol. The molecule has 2 rings (SSSR count). The molecule has 0 aliphatic carbocycles. The van der Waals surface area contributed by atoms with Gasteiger partial charge in [-0.1, -0.05) is 17.7 Å². The van der Waals surface area contributed by atoms with Crippen molar-refractivity contribution in [3.8, 4) is 5.75 Å². The van der Waals surface area contributed by atoms with Gasteiger partial charge in [-0.2, -0.15) is 0 Å². The van der Waals surface area contributed by atoms with Crippen LogP contribution in [-0.2, 0) is 10.0 Å². The number of nitro benzene ring substituents is 1. The molecule has 1 atom stereocenters. The van der Waals surface area contributed by atoms with E-state index < -0.39 is 21.0 Å². The fourth-order valence-corrected chi connectivity index (χ4v) is 3.53. The van der Waals surface area contributed by atoms with Gasteiger partial charge in [-0.05, 0) is 32.0 Å². The van der Waals surface area contributed by atoms with Crippen LogP contribution in [0.2, 0.25) is 0 Å². The highest BCUT2D eigenvalue weighted by atomic mass is 32.2. The summed E-state index contributed by atoms with van der Waals surface area (Å²) >= 11 is 0. The van der Waals surface area contributed by atoms with Crippen molar-refractivity contribution in [1.29, 1.82) is 0 Å². The van der Waals surface area contributed by atoms with E-state index >= 15 is 0 Å². The predicted molar refractivity (Wildman–Crippen MR) is 89.6 cm³/mol. The van der Waals surface area contributed by atoms with E-state index in [0.29, 0.717) is 11.3 Å². The van der Waals surface area contributed by atoms with Gasteiger partial charge in [0, 0.05) is 23.7 Å². The number of sulfonamides is 1. The monoisotopic (exact) mass is 350 g/mol. The number of hydrogen-bond acceptors (Lipinski definition) is 5. The number of rotatable bonds is 6. The molecule has 0 radical (unpaired) electrons. The van der Waals surface area contributed by atoms with Crippen molar-refractivity contribution in [1.82, 2.24) is 4.72 Å². The van der Waals surface area contributed by atoms with E-state index in [-0.39, 0.29) is 10.6 Å². The molecule has 1 unspecified atom stereocenters. The summed E-state index contributed by atoms with van der Waals surface area (Å²) in [6, 6.07) is 9.71. The van der Waals surface area contributed by atoms with Gasteiger partial charge in [-0.15, -0.1) is 0 Å². The van der Waals surface area contributed by atoms with Crippen molar-refractivity contribution in [2.24, 2.45) is 0 Å². The minimum Gasteiger partial charge on any atom is -0.496 e. The van der Waals surface area contributed by atoms with Gasteiger partial charge < -0.3 is 4.74 Å². The first-order valence-corrected chi connectivity index (χ1v) is 8.64. The van der Waals surface area contributed by atoms with Crippen molar-refractivity contribution in [2.45, 2.75) is 24.8 Å². The number of ether oxygens (including phenoxy) is 1. The van der Waals surface area contributed by atoms with E-state index in [1.165, 1.54) is 19.2 Å². The highest BCUT2D eigenvalue weighted by Gasteiger charge is 2.21. The van der Waals surface area contributed by atoms with Crippen LogP contribution in [0.4, 0.5) is 5.69 Å². The summed E-state index contributed by atoms with van der Waals surface area (Å²) in [6.07, 6.45) is 0. The lowest BCUT2D eigenvalue weighted by atomic mass is 10.1. The van der Waals surface area contributed by atoms with Crippen LogP contribution in [0.5, 0.6) is 5.75 Å². The lowest BCUT2D eigenvalue weighted by Gasteiger charge is -2.18. The topological polar surface area (TPSA) is 98.5 Å². The van der Waals surface area contributed by atoms with Crippen molar-refractivity contribution in [3.63, 3.8) is 0 Å². The Morgan fingerprint density at radius 3 is 2.33 bits per heavy atom. The second kappa shape index (κ2) is 6.98. The Hall–Kier alpha value is -2.45. The molecule has 24 heavy (non-hydrogen) atoms. The molecule has 0 heterocycles. The average Bonchev–Trinajstić information content (AvgIpc) is 2.54. The lowest BCUT2D eigenvalue weighted by Crippen LogP contribution is -2.27. The summed E-state index contributed by atoms with van der Waals surface area (Å²) in [5.74, 6) is 0.583. The average molecular weight is 350 g/mol. The molecule has 2 aromatic carbocycles. The molecule has 0 amide bonds. The molecule has 7 nitrogen and oxygen atoms in total. The summed E-state index contributed by atoms with van der Waals surface area (Å²) in [4.78, 5) is 10.0. The van der Waals surface area contributed by atoms with E-state index in [1.807, 2.05) is 19.1 Å². The number of hydrogen-bond donors (Lipinski definition) is 1. The molecule has 0 aromatic heterocycles. The number of benzene rings is 2. The standard InChI is InChI=1S/C16H18N2O5S/c1-11-4-9-16(23-3)15(10-11)12(2)17-24(21,22)14-7-5-13(6-8-14)18(19)20/h4-10,12,17H,1-3H3. The molecule has 1 N–H and O–H groups in total. The Kier molecular flexibility index (Phi) is 5.20. The van der Waals surface area contributed by atoms with Crippen LogP contribution < -0.4 is 9.46 Å². The van der Waals surface area contributed by atoms with Crippen LogP contribution in [0.1, 0.15) is 24.1 Å². The lowest BCUT2D eigenvalue weighted by molar-refractivity contribution is -0.384. The number of nitro groups is 1. The maximum atomic E-state index is 12.5. The number of aryl methyl sites for hydroxylation is 1. The molecule has 0 bridgehead atoms. The maximum absolute atomic E-state index is 12.5. The molecule has 128 valence electrons. The zero-order chi connectivity index (χ0) is 17.9. The molecule has 0 spiro atoms. The van der Waals surface area contributed by atoms with Gasteiger partial charge in [0.05, 0.1) is 16.9 Å². The van der Waals surface area contributed by atoms with Gasteiger partial charge in [0.15, 0.2) is 0 Å². The van der Waals surface area contributed by atoms with Crippen LogP contribution in [0, 0.1) is 17.0 Å². The quantitative estimate of drug-likeness (QED) is 0.638. The largest absolute Gasteiger partial charge is 0.496 e. The van der Waals surface area contributed by atoms with E-state index in [1.54, 1.807) is 13.0 Å².